The maximum atomic E-state index is 11.2. The van der Waals surface area contributed by atoms with Crippen molar-refractivity contribution in [2.75, 3.05) is 18.5 Å². The number of hydrogen-bond donors (Lipinski definition) is 1. The second-order valence-corrected chi connectivity index (χ2v) is 4.54. The van der Waals surface area contributed by atoms with Gasteiger partial charge in [-0.1, -0.05) is 13.3 Å². The first-order chi connectivity index (χ1) is 8.63. The van der Waals surface area contributed by atoms with E-state index in [-0.39, 0.29) is 10.6 Å². The Hall–Kier alpha value is -1.63. The van der Waals surface area contributed by atoms with Crippen molar-refractivity contribution in [3.63, 3.8) is 0 Å². The van der Waals surface area contributed by atoms with Crippen LogP contribution >= 0.6 is 0 Å². The summed E-state index contributed by atoms with van der Waals surface area (Å²) in [7, 11) is 1.73. The Morgan fingerprint density at radius 3 is 2.61 bits per heavy atom. The lowest BCUT2D eigenvalue weighted by molar-refractivity contribution is -0.384. The average molecular weight is 253 g/mol. The molecule has 0 amide bonds. The smallest absolute Gasteiger partial charge is 0.298 e. The summed E-state index contributed by atoms with van der Waals surface area (Å²) < 4.78 is 1.56. The van der Waals surface area contributed by atoms with E-state index >= 15 is 0 Å². The molecule has 1 aliphatic rings. The normalized spacial score (nSPS) is 16.8. The van der Waals surface area contributed by atoms with Crippen LogP contribution in [0.4, 0.5) is 11.5 Å². The standard InChI is InChI=1S/C11H19N5O2/c1-3-9-10(16(17)18)11(14(2)12-9)13-15-7-5-4-6-8-15/h13H,3-8H2,1-2H3. The van der Waals surface area contributed by atoms with Gasteiger partial charge in [0.15, 0.2) is 0 Å². The van der Waals surface area contributed by atoms with Crippen molar-refractivity contribution >= 4 is 11.5 Å². The highest BCUT2D eigenvalue weighted by atomic mass is 16.6. The molecule has 0 atom stereocenters. The van der Waals surface area contributed by atoms with Gasteiger partial charge in [0.05, 0.1) is 4.92 Å². The Morgan fingerprint density at radius 2 is 2.06 bits per heavy atom. The third-order valence-electron chi connectivity index (χ3n) is 3.23. The molecule has 0 unspecified atom stereocenters. The summed E-state index contributed by atoms with van der Waals surface area (Å²) in [6, 6.07) is 0. The second kappa shape index (κ2) is 5.34. The number of nitro groups is 1. The lowest BCUT2D eigenvalue weighted by Gasteiger charge is -2.27. The highest BCUT2D eigenvalue weighted by molar-refractivity contribution is 5.59. The lowest BCUT2D eigenvalue weighted by atomic mass is 10.2. The molecule has 1 aromatic rings. The molecule has 0 saturated carbocycles. The van der Waals surface area contributed by atoms with Gasteiger partial charge in [0.25, 0.3) is 0 Å². The van der Waals surface area contributed by atoms with E-state index < -0.39 is 0 Å². The summed E-state index contributed by atoms with van der Waals surface area (Å²) in [6.45, 7) is 3.72. The second-order valence-electron chi connectivity index (χ2n) is 4.54. The van der Waals surface area contributed by atoms with Crippen LogP contribution in [0.1, 0.15) is 31.9 Å². The minimum atomic E-state index is -0.349. The molecule has 7 heteroatoms. The van der Waals surface area contributed by atoms with Crippen molar-refractivity contribution in [2.24, 2.45) is 7.05 Å². The summed E-state index contributed by atoms with van der Waals surface area (Å²) >= 11 is 0. The monoisotopic (exact) mass is 253 g/mol. The van der Waals surface area contributed by atoms with Crippen LogP contribution in [0.3, 0.4) is 0 Å². The van der Waals surface area contributed by atoms with Crippen molar-refractivity contribution in [3.8, 4) is 0 Å². The largest absolute Gasteiger partial charge is 0.335 e. The number of piperidine rings is 1. The Kier molecular flexibility index (Phi) is 3.81. The summed E-state index contributed by atoms with van der Waals surface area (Å²) in [5.41, 5.74) is 3.78. The number of rotatable bonds is 4. The van der Waals surface area contributed by atoms with Gasteiger partial charge in [-0.05, 0) is 19.3 Å². The van der Waals surface area contributed by atoms with Gasteiger partial charge >= 0.3 is 5.69 Å². The van der Waals surface area contributed by atoms with Crippen LogP contribution in [0.2, 0.25) is 0 Å². The Bertz CT molecular complexity index is 437. The first-order valence-electron chi connectivity index (χ1n) is 6.35. The van der Waals surface area contributed by atoms with Crippen molar-refractivity contribution in [1.82, 2.24) is 14.8 Å². The van der Waals surface area contributed by atoms with Gasteiger partial charge in [-0.3, -0.25) is 15.5 Å². The van der Waals surface area contributed by atoms with E-state index in [0.717, 1.165) is 25.9 Å². The Morgan fingerprint density at radius 1 is 1.39 bits per heavy atom. The number of hydrazine groups is 1. The minimum absolute atomic E-state index is 0.102. The number of hydrogen-bond acceptors (Lipinski definition) is 5. The molecule has 0 aromatic carbocycles. The van der Waals surface area contributed by atoms with Crippen LogP contribution < -0.4 is 5.43 Å². The fourth-order valence-corrected chi connectivity index (χ4v) is 2.28. The van der Waals surface area contributed by atoms with E-state index in [2.05, 4.69) is 10.5 Å². The number of anilines is 1. The minimum Gasteiger partial charge on any atom is -0.298 e. The zero-order chi connectivity index (χ0) is 13.1. The first-order valence-corrected chi connectivity index (χ1v) is 6.35. The quantitative estimate of drug-likeness (QED) is 0.653. The van der Waals surface area contributed by atoms with Gasteiger partial charge in [0.2, 0.25) is 5.82 Å². The predicted molar refractivity (Wildman–Crippen MR) is 68.3 cm³/mol. The molecule has 0 aliphatic carbocycles. The third-order valence-corrected chi connectivity index (χ3v) is 3.23. The molecular formula is C11H19N5O2. The highest BCUT2D eigenvalue weighted by Gasteiger charge is 2.27. The van der Waals surface area contributed by atoms with E-state index in [1.165, 1.54) is 6.42 Å². The van der Waals surface area contributed by atoms with Gasteiger partial charge in [-0.25, -0.2) is 9.69 Å². The van der Waals surface area contributed by atoms with Gasteiger partial charge in [-0.2, -0.15) is 5.10 Å². The molecule has 1 N–H and O–H groups in total. The molecule has 2 heterocycles. The first kappa shape index (κ1) is 12.8. The fourth-order valence-electron chi connectivity index (χ4n) is 2.28. The molecule has 1 saturated heterocycles. The number of nitrogens with one attached hydrogen (secondary N) is 1. The fraction of sp³-hybridized carbons (Fsp3) is 0.727. The van der Waals surface area contributed by atoms with Crippen molar-refractivity contribution in [2.45, 2.75) is 32.6 Å². The number of aryl methyl sites for hydroxylation is 2. The van der Waals surface area contributed by atoms with Crippen LogP contribution in [-0.2, 0) is 13.5 Å². The molecule has 0 spiro atoms. The van der Waals surface area contributed by atoms with Crippen molar-refractivity contribution in [1.29, 1.82) is 0 Å². The Balaban J connectivity index is 2.25. The van der Waals surface area contributed by atoms with Crippen LogP contribution in [0.5, 0.6) is 0 Å². The highest BCUT2D eigenvalue weighted by Crippen LogP contribution is 2.29. The molecule has 100 valence electrons. The van der Waals surface area contributed by atoms with Gasteiger partial charge in [0, 0.05) is 20.1 Å². The summed E-state index contributed by atoms with van der Waals surface area (Å²) in [5.74, 6) is 0.485. The molecule has 0 radical (unpaired) electrons. The molecule has 0 bridgehead atoms. The van der Waals surface area contributed by atoms with Crippen LogP contribution in [0.15, 0.2) is 0 Å². The number of nitrogens with zero attached hydrogens (tertiary/aromatic N) is 4. The van der Waals surface area contributed by atoms with Crippen molar-refractivity contribution in [3.05, 3.63) is 15.8 Å². The zero-order valence-electron chi connectivity index (χ0n) is 10.8. The van der Waals surface area contributed by atoms with E-state index in [9.17, 15) is 10.1 Å². The molecule has 18 heavy (non-hydrogen) atoms. The molecular weight excluding hydrogens is 234 g/mol. The Labute approximate surface area is 106 Å². The van der Waals surface area contributed by atoms with Crippen LogP contribution in [-0.4, -0.2) is 32.8 Å². The molecule has 2 rings (SSSR count). The summed E-state index contributed by atoms with van der Waals surface area (Å²) in [6.07, 6.45) is 4.04. The van der Waals surface area contributed by atoms with Crippen LogP contribution in [0, 0.1) is 10.1 Å². The van der Waals surface area contributed by atoms with Gasteiger partial charge < -0.3 is 0 Å². The molecule has 7 nitrogen and oxygen atoms in total. The molecule has 1 aliphatic heterocycles. The SMILES string of the molecule is CCc1nn(C)c(NN2CCCCC2)c1[N+](=O)[O-]. The average Bonchev–Trinajstić information content (AvgIpc) is 2.67. The van der Waals surface area contributed by atoms with E-state index in [1.54, 1.807) is 11.7 Å². The lowest BCUT2D eigenvalue weighted by Crippen LogP contribution is -2.35. The zero-order valence-corrected chi connectivity index (χ0v) is 10.8. The predicted octanol–water partition coefficient (Wildman–Crippen LogP) is 1.70. The van der Waals surface area contributed by atoms with E-state index in [0.29, 0.717) is 17.9 Å². The third kappa shape index (κ3) is 2.45. The van der Waals surface area contributed by atoms with Crippen LogP contribution in [0.25, 0.3) is 0 Å². The van der Waals surface area contributed by atoms with Gasteiger partial charge in [-0.15, -0.1) is 0 Å². The van der Waals surface area contributed by atoms with Gasteiger partial charge in [0.1, 0.15) is 5.69 Å². The maximum absolute atomic E-state index is 11.2. The van der Waals surface area contributed by atoms with E-state index in [4.69, 9.17) is 0 Å². The summed E-state index contributed by atoms with van der Waals surface area (Å²) in [4.78, 5) is 10.8. The maximum Gasteiger partial charge on any atom is 0.335 e. The molecule has 1 aromatic heterocycles. The number of aromatic nitrogens is 2. The van der Waals surface area contributed by atoms with E-state index in [1.807, 2.05) is 11.9 Å². The van der Waals surface area contributed by atoms with Crippen molar-refractivity contribution < 1.29 is 4.92 Å². The summed E-state index contributed by atoms with van der Waals surface area (Å²) in [5, 5.41) is 17.4. The molecule has 1 fully saturated rings. The topological polar surface area (TPSA) is 76.2 Å².